The highest BCUT2D eigenvalue weighted by Gasteiger charge is 2.22. The minimum atomic E-state index is 0.0949. The number of benzene rings is 1. The van der Waals surface area contributed by atoms with Gasteiger partial charge in [-0.05, 0) is 37.3 Å². The molecule has 3 rings (SSSR count). The quantitative estimate of drug-likeness (QED) is 0.847. The van der Waals surface area contributed by atoms with Crippen LogP contribution in [-0.2, 0) is 13.0 Å². The summed E-state index contributed by atoms with van der Waals surface area (Å²) in [4.78, 5) is 11.1. The number of nitrogens with one attached hydrogen (secondary N) is 1. The monoisotopic (exact) mass is 340 g/mol. The molecule has 2 heterocycles. The van der Waals surface area contributed by atoms with E-state index in [2.05, 4.69) is 52.2 Å². The maximum absolute atomic E-state index is 9.30. The van der Waals surface area contributed by atoms with Crippen LogP contribution in [0, 0.1) is 0 Å². The normalized spacial score (nSPS) is 16.8. The second-order valence-electron chi connectivity index (χ2n) is 6.77. The van der Waals surface area contributed by atoms with Crippen LogP contribution in [-0.4, -0.2) is 34.2 Å². The number of aryl methyl sites for hydroxylation is 1. The fourth-order valence-electron chi connectivity index (χ4n) is 3.44. The van der Waals surface area contributed by atoms with Crippen LogP contribution in [0.5, 0.6) is 0 Å². The van der Waals surface area contributed by atoms with E-state index in [9.17, 15) is 5.11 Å². The van der Waals surface area contributed by atoms with E-state index in [4.69, 9.17) is 0 Å². The van der Waals surface area contributed by atoms with Crippen molar-refractivity contribution in [2.75, 3.05) is 18.0 Å². The summed E-state index contributed by atoms with van der Waals surface area (Å²) in [6.07, 6.45) is 4.83. The van der Waals surface area contributed by atoms with Crippen LogP contribution in [0.15, 0.2) is 36.7 Å². The lowest BCUT2D eigenvalue weighted by molar-refractivity contribution is 0.281. The molecule has 2 N–H and O–H groups in total. The van der Waals surface area contributed by atoms with E-state index >= 15 is 0 Å². The third-order valence-electron chi connectivity index (χ3n) is 5.01. The van der Waals surface area contributed by atoms with Crippen molar-refractivity contribution < 1.29 is 5.11 Å². The van der Waals surface area contributed by atoms with E-state index in [1.165, 1.54) is 5.56 Å². The maximum Gasteiger partial charge on any atom is 0.132 e. The van der Waals surface area contributed by atoms with Crippen molar-refractivity contribution in [1.29, 1.82) is 0 Å². The Morgan fingerprint density at radius 3 is 2.76 bits per heavy atom. The van der Waals surface area contributed by atoms with Crippen LogP contribution in [0.2, 0.25) is 0 Å². The molecule has 0 aliphatic carbocycles. The first-order chi connectivity index (χ1) is 12.2. The maximum atomic E-state index is 9.30. The summed E-state index contributed by atoms with van der Waals surface area (Å²) >= 11 is 0. The molecular weight excluding hydrogens is 312 g/mol. The van der Waals surface area contributed by atoms with Gasteiger partial charge in [0.15, 0.2) is 0 Å². The molecular formula is C20H28N4O. The lowest BCUT2D eigenvalue weighted by Crippen LogP contribution is -2.43. The largest absolute Gasteiger partial charge is 0.392 e. The molecule has 0 spiro atoms. The molecule has 1 unspecified atom stereocenters. The standard InChI is InChI=1S/C20H28N4O/c1-3-18-12-20(22-14-21-18)24-9-7-19(8-10-24)23-15(2)17-6-4-5-16(11-17)13-25/h4-6,11-12,14-15,19,23,25H,3,7-10,13H2,1-2H3. The van der Waals surface area contributed by atoms with Crippen LogP contribution >= 0.6 is 0 Å². The highest BCUT2D eigenvalue weighted by atomic mass is 16.3. The van der Waals surface area contributed by atoms with E-state index in [0.29, 0.717) is 6.04 Å². The second-order valence-corrected chi connectivity index (χ2v) is 6.77. The molecule has 0 bridgehead atoms. The van der Waals surface area contributed by atoms with Gasteiger partial charge in [-0.1, -0.05) is 31.2 Å². The molecule has 1 atom stereocenters. The molecule has 134 valence electrons. The van der Waals surface area contributed by atoms with Crippen LogP contribution < -0.4 is 10.2 Å². The highest BCUT2D eigenvalue weighted by Crippen LogP contribution is 2.21. The van der Waals surface area contributed by atoms with Gasteiger partial charge in [0.2, 0.25) is 0 Å². The summed E-state index contributed by atoms with van der Waals surface area (Å²) in [7, 11) is 0. The van der Waals surface area contributed by atoms with Crippen molar-refractivity contribution in [3.63, 3.8) is 0 Å². The average molecular weight is 340 g/mol. The Bertz CT molecular complexity index is 683. The van der Waals surface area contributed by atoms with Crippen molar-refractivity contribution in [3.8, 4) is 0 Å². The Morgan fingerprint density at radius 2 is 2.04 bits per heavy atom. The van der Waals surface area contributed by atoms with Crippen molar-refractivity contribution in [3.05, 3.63) is 53.5 Å². The van der Waals surface area contributed by atoms with Crippen molar-refractivity contribution >= 4 is 5.82 Å². The van der Waals surface area contributed by atoms with Crippen LogP contribution in [0.3, 0.4) is 0 Å². The van der Waals surface area contributed by atoms with Gasteiger partial charge in [0, 0.05) is 36.9 Å². The van der Waals surface area contributed by atoms with Gasteiger partial charge in [-0.3, -0.25) is 0 Å². The average Bonchev–Trinajstić information content (AvgIpc) is 2.68. The van der Waals surface area contributed by atoms with Crippen molar-refractivity contribution in [1.82, 2.24) is 15.3 Å². The number of aromatic nitrogens is 2. The highest BCUT2D eigenvalue weighted by molar-refractivity contribution is 5.39. The number of aliphatic hydroxyl groups is 1. The molecule has 1 fully saturated rings. The van der Waals surface area contributed by atoms with Gasteiger partial charge in [0.1, 0.15) is 12.1 Å². The fraction of sp³-hybridized carbons (Fsp3) is 0.500. The number of hydrogen-bond donors (Lipinski definition) is 2. The number of anilines is 1. The molecule has 1 aromatic heterocycles. The Balaban J connectivity index is 1.55. The molecule has 1 aliphatic rings. The van der Waals surface area contributed by atoms with Gasteiger partial charge in [0.25, 0.3) is 0 Å². The van der Waals surface area contributed by atoms with E-state index in [1.54, 1.807) is 6.33 Å². The van der Waals surface area contributed by atoms with Crippen molar-refractivity contribution in [2.24, 2.45) is 0 Å². The first-order valence-corrected chi connectivity index (χ1v) is 9.21. The molecule has 2 aromatic rings. The zero-order chi connectivity index (χ0) is 17.6. The second kappa shape index (κ2) is 8.41. The van der Waals surface area contributed by atoms with E-state index < -0.39 is 0 Å². The molecule has 1 aromatic carbocycles. The van der Waals surface area contributed by atoms with Crippen LogP contribution in [0.1, 0.15) is 49.6 Å². The number of hydrogen-bond acceptors (Lipinski definition) is 5. The summed E-state index contributed by atoms with van der Waals surface area (Å²) in [5.41, 5.74) is 3.30. The molecule has 0 radical (unpaired) electrons. The van der Waals surface area contributed by atoms with Crippen molar-refractivity contribution in [2.45, 2.75) is 51.8 Å². The molecule has 1 saturated heterocycles. The fourth-order valence-corrected chi connectivity index (χ4v) is 3.44. The Hall–Kier alpha value is -1.98. The zero-order valence-corrected chi connectivity index (χ0v) is 15.2. The predicted molar refractivity (Wildman–Crippen MR) is 101 cm³/mol. The van der Waals surface area contributed by atoms with Gasteiger partial charge in [-0.15, -0.1) is 0 Å². The first-order valence-electron chi connectivity index (χ1n) is 9.21. The number of rotatable bonds is 6. The minimum Gasteiger partial charge on any atom is -0.392 e. The smallest absolute Gasteiger partial charge is 0.132 e. The van der Waals surface area contributed by atoms with Crippen LogP contribution in [0.25, 0.3) is 0 Å². The lowest BCUT2D eigenvalue weighted by atomic mass is 10.0. The summed E-state index contributed by atoms with van der Waals surface area (Å²) in [6.45, 7) is 6.44. The molecule has 5 heteroatoms. The molecule has 25 heavy (non-hydrogen) atoms. The van der Waals surface area contributed by atoms with Gasteiger partial charge in [0.05, 0.1) is 6.61 Å². The van der Waals surface area contributed by atoms with Gasteiger partial charge >= 0.3 is 0 Å². The molecule has 0 amide bonds. The summed E-state index contributed by atoms with van der Waals surface area (Å²) < 4.78 is 0. The summed E-state index contributed by atoms with van der Waals surface area (Å²) in [6, 6.07) is 11.1. The van der Waals surface area contributed by atoms with Gasteiger partial charge in [-0.25, -0.2) is 9.97 Å². The topological polar surface area (TPSA) is 61.3 Å². The number of piperidine rings is 1. The van der Waals surface area contributed by atoms with Gasteiger partial charge in [-0.2, -0.15) is 0 Å². The van der Waals surface area contributed by atoms with E-state index in [1.807, 2.05) is 12.1 Å². The lowest BCUT2D eigenvalue weighted by Gasteiger charge is -2.34. The Kier molecular flexibility index (Phi) is 6.00. The third-order valence-corrected chi connectivity index (χ3v) is 5.01. The predicted octanol–water partition coefficient (Wildman–Crippen LogP) is 2.85. The minimum absolute atomic E-state index is 0.0949. The van der Waals surface area contributed by atoms with E-state index in [-0.39, 0.29) is 12.6 Å². The number of nitrogens with zero attached hydrogens (tertiary/aromatic N) is 3. The molecule has 1 aliphatic heterocycles. The molecule has 0 saturated carbocycles. The third kappa shape index (κ3) is 4.55. The Labute approximate surface area is 150 Å². The molecule has 5 nitrogen and oxygen atoms in total. The summed E-state index contributed by atoms with van der Waals surface area (Å²) in [5, 5.41) is 13.0. The SMILES string of the molecule is CCc1cc(N2CCC(NC(C)c3cccc(CO)c3)CC2)ncn1. The number of aliphatic hydroxyl groups excluding tert-OH is 1. The first kappa shape index (κ1) is 17.8. The summed E-state index contributed by atoms with van der Waals surface area (Å²) in [5.74, 6) is 1.05. The van der Waals surface area contributed by atoms with E-state index in [0.717, 1.165) is 49.4 Å². The zero-order valence-electron chi connectivity index (χ0n) is 15.2. The van der Waals surface area contributed by atoms with Gasteiger partial charge < -0.3 is 15.3 Å². The Morgan fingerprint density at radius 1 is 1.24 bits per heavy atom. The van der Waals surface area contributed by atoms with Crippen LogP contribution in [0.4, 0.5) is 5.82 Å².